The van der Waals surface area contributed by atoms with Crippen LogP contribution in [0, 0.1) is 34.9 Å². The lowest BCUT2D eigenvalue weighted by molar-refractivity contribution is 0.225. The third-order valence-corrected chi connectivity index (χ3v) is 7.36. The summed E-state index contributed by atoms with van der Waals surface area (Å²) in [5, 5.41) is 8.38. The molecule has 1 nitrogen and oxygen atoms in total. The number of hydrogen-bond acceptors (Lipinski definition) is 1. The molecule has 162 valence electrons. The molecule has 1 aromatic rings. The molecule has 0 unspecified atom stereocenters. The SMILES string of the molecule is N#CC(F)=CC=CCCC1CCC(CCC2CCC(c3ccc(F)cc3)CC2)CC1. The number of hydrogen-bond donors (Lipinski definition) is 0. The molecule has 0 saturated heterocycles. The Morgan fingerprint density at radius 1 is 0.867 bits per heavy atom. The predicted octanol–water partition coefficient (Wildman–Crippen LogP) is 8.40. The van der Waals surface area contributed by atoms with E-state index in [0.29, 0.717) is 5.92 Å². The smallest absolute Gasteiger partial charge is 0.199 e. The predicted molar refractivity (Wildman–Crippen MR) is 119 cm³/mol. The highest BCUT2D eigenvalue weighted by Crippen LogP contribution is 2.40. The van der Waals surface area contributed by atoms with Gasteiger partial charge in [-0.25, -0.2) is 4.39 Å². The molecule has 30 heavy (non-hydrogen) atoms. The van der Waals surface area contributed by atoms with Crippen molar-refractivity contribution < 1.29 is 8.78 Å². The van der Waals surface area contributed by atoms with Crippen molar-refractivity contribution in [2.75, 3.05) is 0 Å². The van der Waals surface area contributed by atoms with Crippen LogP contribution in [0.25, 0.3) is 0 Å². The van der Waals surface area contributed by atoms with Gasteiger partial charge in [0.15, 0.2) is 5.83 Å². The molecule has 1 aromatic carbocycles. The molecule has 3 rings (SSSR count). The van der Waals surface area contributed by atoms with E-state index in [1.165, 1.54) is 88.3 Å². The van der Waals surface area contributed by atoms with Crippen LogP contribution in [-0.4, -0.2) is 0 Å². The Balaban J connectivity index is 1.27. The van der Waals surface area contributed by atoms with E-state index in [0.717, 1.165) is 24.2 Å². The van der Waals surface area contributed by atoms with Crippen LogP contribution in [-0.2, 0) is 0 Å². The first-order valence-corrected chi connectivity index (χ1v) is 11.8. The first-order valence-electron chi connectivity index (χ1n) is 11.8. The molecular weight excluding hydrogens is 376 g/mol. The van der Waals surface area contributed by atoms with Crippen molar-refractivity contribution in [1.29, 1.82) is 5.26 Å². The molecule has 2 aliphatic carbocycles. The summed E-state index contributed by atoms with van der Waals surface area (Å²) in [7, 11) is 0. The second-order valence-corrected chi connectivity index (χ2v) is 9.37. The molecule has 0 heterocycles. The van der Waals surface area contributed by atoms with Crippen LogP contribution in [0.4, 0.5) is 8.78 Å². The van der Waals surface area contributed by atoms with Crippen LogP contribution in [0.1, 0.15) is 88.5 Å². The molecule has 0 radical (unpaired) electrons. The Morgan fingerprint density at radius 2 is 1.40 bits per heavy atom. The Kier molecular flexibility index (Phi) is 9.12. The van der Waals surface area contributed by atoms with Crippen molar-refractivity contribution in [2.24, 2.45) is 17.8 Å². The van der Waals surface area contributed by atoms with Gasteiger partial charge in [0.25, 0.3) is 0 Å². The largest absolute Gasteiger partial charge is 0.207 e. The molecule has 0 amide bonds. The van der Waals surface area contributed by atoms with E-state index in [1.54, 1.807) is 18.2 Å². The number of nitriles is 1. The topological polar surface area (TPSA) is 23.8 Å². The molecule has 0 aliphatic heterocycles. The normalized spacial score (nSPS) is 27.8. The van der Waals surface area contributed by atoms with Crippen LogP contribution in [0.3, 0.4) is 0 Å². The molecule has 2 aliphatic rings. The maximum Gasteiger partial charge on any atom is 0.199 e. The number of benzene rings is 1. The molecule has 2 fully saturated rings. The van der Waals surface area contributed by atoms with Crippen LogP contribution in [0.2, 0.25) is 0 Å². The fourth-order valence-electron chi connectivity index (χ4n) is 5.42. The third kappa shape index (κ3) is 7.38. The van der Waals surface area contributed by atoms with E-state index in [4.69, 9.17) is 5.26 Å². The quantitative estimate of drug-likeness (QED) is 0.311. The molecule has 3 heteroatoms. The number of allylic oxidation sites excluding steroid dienone is 4. The van der Waals surface area contributed by atoms with Gasteiger partial charge >= 0.3 is 0 Å². The lowest BCUT2D eigenvalue weighted by Crippen LogP contribution is -2.17. The van der Waals surface area contributed by atoms with E-state index in [9.17, 15) is 8.78 Å². The summed E-state index contributed by atoms with van der Waals surface area (Å²) in [5.74, 6) is 2.35. The Labute approximate surface area is 180 Å². The third-order valence-electron chi connectivity index (χ3n) is 7.36. The van der Waals surface area contributed by atoms with Crippen molar-refractivity contribution in [3.63, 3.8) is 0 Å². The van der Waals surface area contributed by atoms with E-state index in [1.807, 2.05) is 18.2 Å². The maximum atomic E-state index is 13.1. The highest BCUT2D eigenvalue weighted by atomic mass is 19.1. The highest BCUT2D eigenvalue weighted by molar-refractivity contribution is 5.21. The van der Waals surface area contributed by atoms with Gasteiger partial charge in [-0.15, -0.1) is 0 Å². The fraction of sp³-hybridized carbons (Fsp3) is 0.593. The summed E-state index contributed by atoms with van der Waals surface area (Å²) in [6, 6.07) is 8.62. The highest BCUT2D eigenvalue weighted by Gasteiger charge is 2.25. The summed E-state index contributed by atoms with van der Waals surface area (Å²) >= 11 is 0. The molecule has 0 aromatic heterocycles. The fourth-order valence-corrected chi connectivity index (χ4v) is 5.42. The molecule has 0 spiro atoms. The van der Waals surface area contributed by atoms with Crippen LogP contribution < -0.4 is 0 Å². The number of halogens is 2. The van der Waals surface area contributed by atoms with Gasteiger partial charge < -0.3 is 0 Å². The van der Waals surface area contributed by atoms with Crippen molar-refractivity contribution in [3.05, 3.63) is 59.7 Å². The lowest BCUT2D eigenvalue weighted by Gasteiger charge is -2.32. The lowest BCUT2D eigenvalue weighted by atomic mass is 9.74. The number of rotatable bonds is 8. The monoisotopic (exact) mass is 411 g/mol. The molecule has 2 saturated carbocycles. The maximum absolute atomic E-state index is 13.1. The van der Waals surface area contributed by atoms with Crippen molar-refractivity contribution >= 4 is 0 Å². The van der Waals surface area contributed by atoms with Crippen LogP contribution in [0.5, 0.6) is 0 Å². The van der Waals surface area contributed by atoms with Gasteiger partial charge in [0, 0.05) is 0 Å². The van der Waals surface area contributed by atoms with Gasteiger partial charge in [-0.1, -0.05) is 62.8 Å². The first kappa shape index (κ1) is 22.7. The van der Waals surface area contributed by atoms with Gasteiger partial charge in [-0.05, 0) is 86.0 Å². The first-order chi connectivity index (χ1) is 14.6. The Morgan fingerprint density at radius 3 is 1.97 bits per heavy atom. The molecule has 0 N–H and O–H groups in total. The van der Waals surface area contributed by atoms with Crippen molar-refractivity contribution in [1.82, 2.24) is 0 Å². The van der Waals surface area contributed by atoms with Crippen LogP contribution in [0.15, 0.2) is 48.3 Å². The molecular formula is C27H35F2N. The van der Waals surface area contributed by atoms with Gasteiger partial charge in [-0.3, -0.25) is 0 Å². The summed E-state index contributed by atoms with van der Waals surface area (Å²) < 4.78 is 25.8. The summed E-state index contributed by atoms with van der Waals surface area (Å²) in [5.41, 5.74) is 1.31. The van der Waals surface area contributed by atoms with Crippen LogP contribution >= 0.6 is 0 Å². The van der Waals surface area contributed by atoms with Crippen molar-refractivity contribution in [3.8, 4) is 6.07 Å². The van der Waals surface area contributed by atoms with Gasteiger partial charge in [0.05, 0.1) is 0 Å². The Hall–Kier alpha value is -1.95. The zero-order valence-electron chi connectivity index (χ0n) is 18.0. The summed E-state index contributed by atoms with van der Waals surface area (Å²) in [6.07, 6.45) is 20.3. The zero-order chi connectivity index (χ0) is 21.2. The van der Waals surface area contributed by atoms with E-state index < -0.39 is 5.83 Å². The minimum atomic E-state index is -0.726. The van der Waals surface area contributed by atoms with Gasteiger partial charge in [0.1, 0.15) is 11.9 Å². The van der Waals surface area contributed by atoms with Gasteiger partial charge in [-0.2, -0.15) is 9.65 Å². The second kappa shape index (κ2) is 12.0. The van der Waals surface area contributed by atoms with E-state index in [-0.39, 0.29) is 5.82 Å². The number of nitrogens with zero attached hydrogens (tertiary/aromatic N) is 1. The van der Waals surface area contributed by atoms with Gasteiger partial charge in [0.2, 0.25) is 0 Å². The second-order valence-electron chi connectivity index (χ2n) is 9.37. The van der Waals surface area contributed by atoms with E-state index in [2.05, 4.69) is 0 Å². The molecule has 0 bridgehead atoms. The van der Waals surface area contributed by atoms with E-state index >= 15 is 0 Å². The summed E-state index contributed by atoms with van der Waals surface area (Å²) in [6.45, 7) is 0. The zero-order valence-corrected chi connectivity index (χ0v) is 18.0. The Bertz CT molecular complexity index is 727. The van der Waals surface area contributed by atoms with Crippen molar-refractivity contribution in [2.45, 2.75) is 83.0 Å². The molecule has 0 atom stereocenters. The minimum Gasteiger partial charge on any atom is -0.207 e. The summed E-state index contributed by atoms with van der Waals surface area (Å²) in [4.78, 5) is 0. The standard InChI is InChI=1S/C27H35F2N/c28-26-18-16-25(17-19-26)24-14-12-23(13-15-24)11-10-22-8-6-21(7-9-22)4-2-1-3-5-27(29)20-30/h1,3,5,16-19,21-24H,2,4,6-15H2. The average molecular weight is 412 g/mol. The minimum absolute atomic E-state index is 0.137. The average Bonchev–Trinajstić information content (AvgIpc) is 2.79.